The number of methoxy groups -OCH3 is 1. The maximum absolute atomic E-state index is 5.96. The van der Waals surface area contributed by atoms with E-state index in [9.17, 15) is 0 Å². The first kappa shape index (κ1) is 13.6. The molecule has 7 heteroatoms. The Kier molecular flexibility index (Phi) is 4.53. The molecule has 0 fully saturated rings. The van der Waals surface area contributed by atoms with Crippen LogP contribution in [0.3, 0.4) is 0 Å². The Labute approximate surface area is 111 Å². The SMILES string of the molecule is COCCCC(N)c1nc(-c2ncc(C)cn2)no1. The van der Waals surface area contributed by atoms with E-state index in [1.165, 1.54) is 0 Å². The number of hydrogen-bond acceptors (Lipinski definition) is 7. The van der Waals surface area contributed by atoms with Crippen molar-refractivity contribution in [3.8, 4) is 11.6 Å². The van der Waals surface area contributed by atoms with Gasteiger partial charge in [-0.1, -0.05) is 5.16 Å². The van der Waals surface area contributed by atoms with Crippen LogP contribution < -0.4 is 5.73 Å². The van der Waals surface area contributed by atoms with E-state index in [1.807, 2.05) is 6.92 Å². The van der Waals surface area contributed by atoms with Crippen molar-refractivity contribution in [1.29, 1.82) is 0 Å². The van der Waals surface area contributed by atoms with Gasteiger partial charge in [-0.2, -0.15) is 4.98 Å². The van der Waals surface area contributed by atoms with Crippen molar-refractivity contribution in [1.82, 2.24) is 20.1 Å². The molecule has 102 valence electrons. The van der Waals surface area contributed by atoms with Crippen LogP contribution in [0, 0.1) is 6.92 Å². The smallest absolute Gasteiger partial charge is 0.243 e. The summed E-state index contributed by atoms with van der Waals surface area (Å²) in [6, 6.07) is -0.290. The summed E-state index contributed by atoms with van der Waals surface area (Å²) in [6.07, 6.45) is 4.98. The highest BCUT2D eigenvalue weighted by atomic mass is 16.5. The summed E-state index contributed by atoms with van der Waals surface area (Å²) in [4.78, 5) is 12.5. The van der Waals surface area contributed by atoms with E-state index in [0.717, 1.165) is 18.4 Å². The van der Waals surface area contributed by atoms with E-state index in [2.05, 4.69) is 20.1 Å². The van der Waals surface area contributed by atoms with Gasteiger partial charge in [0, 0.05) is 26.1 Å². The minimum Gasteiger partial charge on any atom is -0.385 e. The van der Waals surface area contributed by atoms with Gasteiger partial charge in [0.25, 0.3) is 0 Å². The van der Waals surface area contributed by atoms with Crippen LogP contribution in [0.5, 0.6) is 0 Å². The van der Waals surface area contributed by atoms with Crippen LogP contribution in [0.1, 0.15) is 30.3 Å². The van der Waals surface area contributed by atoms with E-state index < -0.39 is 0 Å². The molecule has 2 N–H and O–H groups in total. The zero-order chi connectivity index (χ0) is 13.7. The van der Waals surface area contributed by atoms with Gasteiger partial charge in [-0.25, -0.2) is 9.97 Å². The third-order valence-corrected chi connectivity index (χ3v) is 2.60. The van der Waals surface area contributed by atoms with Crippen molar-refractivity contribution in [2.24, 2.45) is 5.73 Å². The van der Waals surface area contributed by atoms with Gasteiger partial charge < -0.3 is 15.0 Å². The van der Waals surface area contributed by atoms with Crippen molar-refractivity contribution in [2.45, 2.75) is 25.8 Å². The van der Waals surface area contributed by atoms with E-state index in [1.54, 1.807) is 19.5 Å². The van der Waals surface area contributed by atoms with E-state index >= 15 is 0 Å². The quantitative estimate of drug-likeness (QED) is 0.783. The standard InChI is InChI=1S/C12H17N5O2/c1-8-6-14-10(15-7-8)11-16-12(19-17-11)9(13)4-3-5-18-2/h6-7,9H,3-5,13H2,1-2H3. The predicted octanol–water partition coefficient (Wildman–Crippen LogP) is 1.26. The van der Waals surface area contributed by atoms with Gasteiger partial charge in [-0.3, -0.25) is 0 Å². The molecule has 0 aliphatic rings. The molecule has 0 amide bonds. The summed E-state index contributed by atoms with van der Waals surface area (Å²) in [6.45, 7) is 2.58. The Hall–Kier alpha value is -1.86. The van der Waals surface area contributed by atoms with E-state index in [-0.39, 0.29) is 6.04 Å². The Bertz CT molecular complexity index is 511. The normalized spacial score (nSPS) is 12.6. The second-order valence-electron chi connectivity index (χ2n) is 4.28. The molecule has 2 aromatic rings. The van der Waals surface area contributed by atoms with Crippen molar-refractivity contribution < 1.29 is 9.26 Å². The molecule has 2 rings (SSSR count). The van der Waals surface area contributed by atoms with Crippen molar-refractivity contribution in [3.05, 3.63) is 23.8 Å². The number of aromatic nitrogens is 4. The molecular formula is C12H17N5O2. The van der Waals surface area contributed by atoms with Crippen LogP contribution in [0.4, 0.5) is 0 Å². The lowest BCUT2D eigenvalue weighted by atomic mass is 10.2. The maximum atomic E-state index is 5.96. The second-order valence-corrected chi connectivity index (χ2v) is 4.28. The summed E-state index contributed by atoms with van der Waals surface area (Å²) in [5.74, 6) is 1.19. The van der Waals surface area contributed by atoms with Crippen LogP contribution >= 0.6 is 0 Å². The number of rotatable bonds is 6. The molecule has 1 atom stereocenters. The monoisotopic (exact) mass is 263 g/mol. The van der Waals surface area contributed by atoms with Crippen LogP contribution in [-0.4, -0.2) is 33.8 Å². The highest BCUT2D eigenvalue weighted by molar-refractivity contribution is 5.41. The molecule has 0 saturated carbocycles. The first-order valence-electron chi connectivity index (χ1n) is 6.08. The second kappa shape index (κ2) is 6.35. The number of nitrogens with zero attached hydrogens (tertiary/aromatic N) is 4. The summed E-state index contributed by atoms with van der Waals surface area (Å²) >= 11 is 0. The predicted molar refractivity (Wildman–Crippen MR) is 68.1 cm³/mol. The number of hydrogen-bond donors (Lipinski definition) is 1. The number of nitrogens with two attached hydrogens (primary N) is 1. The Morgan fingerprint density at radius 2 is 2.05 bits per heavy atom. The Morgan fingerprint density at radius 3 is 2.74 bits per heavy atom. The van der Waals surface area contributed by atoms with Crippen molar-refractivity contribution in [3.63, 3.8) is 0 Å². The van der Waals surface area contributed by atoms with E-state index in [0.29, 0.717) is 24.1 Å². The van der Waals surface area contributed by atoms with Crippen LogP contribution in [0.25, 0.3) is 11.6 Å². The van der Waals surface area contributed by atoms with Crippen LogP contribution in [-0.2, 0) is 4.74 Å². The molecule has 1 unspecified atom stereocenters. The molecule has 0 aliphatic carbocycles. The molecule has 7 nitrogen and oxygen atoms in total. The molecule has 0 saturated heterocycles. The molecule has 19 heavy (non-hydrogen) atoms. The highest BCUT2D eigenvalue weighted by Gasteiger charge is 2.16. The minimum atomic E-state index is -0.290. The zero-order valence-corrected chi connectivity index (χ0v) is 11.0. The molecule has 0 radical (unpaired) electrons. The van der Waals surface area contributed by atoms with Gasteiger partial charge in [-0.15, -0.1) is 0 Å². The fraction of sp³-hybridized carbons (Fsp3) is 0.500. The van der Waals surface area contributed by atoms with Crippen LogP contribution in [0.15, 0.2) is 16.9 Å². The number of aryl methyl sites for hydroxylation is 1. The summed E-state index contributed by atoms with van der Waals surface area (Å²) in [7, 11) is 1.66. The zero-order valence-electron chi connectivity index (χ0n) is 11.0. The lowest BCUT2D eigenvalue weighted by Gasteiger charge is -2.04. The first-order chi connectivity index (χ1) is 9.20. The lowest BCUT2D eigenvalue weighted by Crippen LogP contribution is -2.11. The summed E-state index contributed by atoms with van der Waals surface area (Å²) in [5.41, 5.74) is 6.93. The third-order valence-electron chi connectivity index (χ3n) is 2.60. The Balaban J connectivity index is 2.04. The lowest BCUT2D eigenvalue weighted by molar-refractivity contribution is 0.188. The summed E-state index contributed by atoms with van der Waals surface area (Å²) < 4.78 is 10.1. The largest absolute Gasteiger partial charge is 0.385 e. The van der Waals surface area contributed by atoms with E-state index in [4.69, 9.17) is 15.0 Å². The minimum absolute atomic E-state index is 0.290. The molecule has 0 bridgehead atoms. The average molecular weight is 263 g/mol. The molecule has 0 aliphatic heterocycles. The third kappa shape index (κ3) is 3.55. The first-order valence-corrected chi connectivity index (χ1v) is 6.08. The fourth-order valence-corrected chi connectivity index (χ4v) is 1.56. The maximum Gasteiger partial charge on any atom is 0.243 e. The van der Waals surface area contributed by atoms with Gasteiger partial charge in [0.05, 0.1) is 6.04 Å². The molecule has 2 aromatic heterocycles. The van der Waals surface area contributed by atoms with Gasteiger partial charge in [0.15, 0.2) is 0 Å². The summed E-state index contributed by atoms with van der Waals surface area (Å²) in [5, 5.41) is 3.84. The molecule has 0 aromatic carbocycles. The topological polar surface area (TPSA) is 100.0 Å². The number of ether oxygens (including phenoxy) is 1. The molecule has 0 spiro atoms. The highest BCUT2D eigenvalue weighted by Crippen LogP contribution is 2.17. The van der Waals surface area contributed by atoms with Crippen LogP contribution in [0.2, 0.25) is 0 Å². The van der Waals surface area contributed by atoms with Gasteiger partial charge >= 0.3 is 0 Å². The van der Waals surface area contributed by atoms with Crippen molar-refractivity contribution in [2.75, 3.05) is 13.7 Å². The van der Waals surface area contributed by atoms with Crippen molar-refractivity contribution >= 4 is 0 Å². The Morgan fingerprint density at radius 1 is 1.32 bits per heavy atom. The fourth-order valence-electron chi connectivity index (χ4n) is 1.56. The molecule has 2 heterocycles. The molecular weight excluding hydrogens is 246 g/mol. The van der Waals surface area contributed by atoms with Gasteiger partial charge in [0.1, 0.15) is 0 Å². The van der Waals surface area contributed by atoms with Gasteiger partial charge in [-0.05, 0) is 25.3 Å². The van der Waals surface area contributed by atoms with Gasteiger partial charge in [0.2, 0.25) is 17.5 Å². The average Bonchev–Trinajstić information content (AvgIpc) is 2.89.